The lowest BCUT2D eigenvalue weighted by atomic mass is 9.99. The second-order valence-corrected chi connectivity index (χ2v) is 18.4. The normalized spacial score (nSPS) is 20.1. The Kier molecular flexibility index (Phi) is 40.3. The minimum absolute atomic E-state index is 0.0268. The number of hydrogen-bond donors (Lipinski definition) is 4. The first-order valence-electron chi connectivity index (χ1n) is 25.5. The van der Waals surface area contributed by atoms with Crippen molar-refractivity contribution in [3.05, 3.63) is 60.8 Å². The van der Waals surface area contributed by atoms with Crippen LogP contribution in [0.3, 0.4) is 0 Å². The summed E-state index contributed by atoms with van der Waals surface area (Å²) in [4.78, 5) is 12.9. The predicted octanol–water partition coefficient (Wildman–Crippen LogP) is 11.7. The smallest absolute Gasteiger partial charge is 0.397 e. The van der Waals surface area contributed by atoms with Crippen LogP contribution >= 0.6 is 0 Å². The van der Waals surface area contributed by atoms with Crippen LogP contribution in [0.25, 0.3) is 0 Å². The Morgan fingerprint density at radius 3 is 1.57 bits per heavy atom. The lowest BCUT2D eigenvalue weighted by Gasteiger charge is -2.41. The molecule has 0 aliphatic carbocycles. The topological polar surface area (TPSA) is 178 Å². The molecule has 6 atom stereocenters. The number of hydrogen-bond acceptors (Lipinski definition) is 11. The van der Waals surface area contributed by atoms with Crippen LogP contribution in [0, 0.1) is 0 Å². The predicted molar refractivity (Wildman–Crippen MR) is 262 cm³/mol. The van der Waals surface area contributed by atoms with E-state index in [1.165, 1.54) is 96.3 Å². The molecule has 0 aromatic heterocycles. The molecule has 1 aliphatic heterocycles. The van der Waals surface area contributed by atoms with Gasteiger partial charge < -0.3 is 34.3 Å². The van der Waals surface area contributed by atoms with E-state index in [0.717, 1.165) is 77.0 Å². The van der Waals surface area contributed by atoms with Gasteiger partial charge in [0.2, 0.25) is 0 Å². The Bertz CT molecular complexity index is 1360. The first-order chi connectivity index (χ1) is 31.6. The van der Waals surface area contributed by atoms with Crippen molar-refractivity contribution in [3.63, 3.8) is 0 Å². The van der Waals surface area contributed by atoms with Crippen molar-refractivity contribution in [2.24, 2.45) is 0 Å². The maximum Gasteiger partial charge on any atom is 0.397 e. The summed E-state index contributed by atoms with van der Waals surface area (Å²) in [6.45, 7) is 3.86. The third kappa shape index (κ3) is 36.5. The molecule has 1 fully saturated rings. The quantitative estimate of drug-likeness (QED) is 0.0197. The van der Waals surface area contributed by atoms with Gasteiger partial charge in [-0.15, -0.1) is 0 Å². The van der Waals surface area contributed by atoms with E-state index in [9.17, 15) is 33.1 Å². The highest BCUT2D eigenvalue weighted by Gasteiger charge is 2.48. The number of carbonyl (C=O) groups excluding carboxylic acids is 1. The van der Waals surface area contributed by atoms with Crippen LogP contribution in [0.5, 0.6) is 0 Å². The Morgan fingerprint density at radius 1 is 0.600 bits per heavy atom. The number of allylic oxidation sites excluding steroid dienone is 10. The maximum atomic E-state index is 12.9. The molecular weight excluding hydrogens is 849 g/mol. The number of carbonyl (C=O) groups is 1. The Hall–Kier alpha value is -2.20. The molecule has 1 aliphatic rings. The van der Waals surface area contributed by atoms with Gasteiger partial charge in [0.25, 0.3) is 0 Å². The van der Waals surface area contributed by atoms with Crippen LogP contribution in [-0.4, -0.2) is 97.5 Å². The van der Waals surface area contributed by atoms with E-state index in [1.807, 2.05) is 0 Å². The van der Waals surface area contributed by atoms with Gasteiger partial charge in [-0.2, -0.15) is 8.42 Å². The van der Waals surface area contributed by atoms with E-state index in [1.54, 1.807) is 0 Å². The summed E-state index contributed by atoms with van der Waals surface area (Å²) in [6.07, 6.45) is 45.3. The summed E-state index contributed by atoms with van der Waals surface area (Å²) in [6, 6.07) is 0. The van der Waals surface area contributed by atoms with Crippen LogP contribution in [-0.2, 0) is 38.3 Å². The number of ether oxygens (including phenoxy) is 4. The molecule has 0 aromatic rings. The first-order valence-corrected chi connectivity index (χ1v) is 26.9. The Morgan fingerprint density at radius 2 is 1.06 bits per heavy atom. The molecule has 0 spiro atoms. The second-order valence-electron chi connectivity index (χ2n) is 17.4. The van der Waals surface area contributed by atoms with Gasteiger partial charge >= 0.3 is 16.4 Å². The van der Waals surface area contributed by atoms with Crippen LogP contribution < -0.4 is 0 Å². The molecule has 0 bridgehead atoms. The van der Waals surface area contributed by atoms with Gasteiger partial charge in [0.1, 0.15) is 30.5 Å². The summed E-state index contributed by atoms with van der Waals surface area (Å²) < 4.78 is 59.2. The molecule has 1 heterocycles. The number of rotatable bonds is 44. The van der Waals surface area contributed by atoms with E-state index < -0.39 is 59.8 Å². The van der Waals surface area contributed by atoms with Crippen LogP contribution in [0.15, 0.2) is 60.8 Å². The van der Waals surface area contributed by atoms with E-state index in [0.29, 0.717) is 13.0 Å². The molecule has 0 amide bonds. The average molecular weight is 941 g/mol. The minimum atomic E-state index is -5.07. The number of aliphatic hydroxyl groups excluding tert-OH is 3. The number of aliphatic hydroxyl groups is 3. The van der Waals surface area contributed by atoms with E-state index in [-0.39, 0.29) is 19.6 Å². The maximum absolute atomic E-state index is 12.9. The lowest BCUT2D eigenvalue weighted by molar-refractivity contribution is -0.301. The van der Waals surface area contributed by atoms with Crippen LogP contribution in [0.2, 0.25) is 0 Å². The fourth-order valence-electron chi connectivity index (χ4n) is 7.54. The molecule has 6 unspecified atom stereocenters. The molecule has 12 nitrogen and oxygen atoms in total. The first kappa shape index (κ1) is 60.8. The standard InChI is InChI=1S/C52H92O12S/c1-3-5-7-9-11-13-15-17-19-21-22-23-24-25-27-29-31-33-35-37-39-41-48(54)62-46(45-61-52-50(56)51(64-65(57,58)59)49(55)47(43-53)63-52)44-60-42-40-38-36-34-32-30-28-26-20-18-16-14-12-10-8-6-4-2/h5,7,11,13,17,19-20,22-23,26,46-47,49-53,55-56H,3-4,6,8-10,12,14-16,18,21,24-25,27-45H2,1-2H3,(H,57,58,59)/b7-5-,13-11-,19-17-,23-22-,26-20-. The highest BCUT2D eigenvalue weighted by atomic mass is 32.3. The zero-order valence-electron chi connectivity index (χ0n) is 40.5. The molecule has 0 saturated carbocycles. The Balaban J connectivity index is 2.38. The largest absolute Gasteiger partial charge is 0.457 e. The zero-order chi connectivity index (χ0) is 47.5. The lowest BCUT2D eigenvalue weighted by Crippen LogP contribution is -2.60. The summed E-state index contributed by atoms with van der Waals surface area (Å²) >= 11 is 0. The van der Waals surface area contributed by atoms with Gasteiger partial charge in [-0.05, 0) is 77.0 Å². The third-order valence-corrected chi connectivity index (χ3v) is 11.8. The zero-order valence-corrected chi connectivity index (χ0v) is 41.4. The van der Waals surface area contributed by atoms with E-state index in [4.69, 9.17) is 18.9 Å². The second kappa shape index (κ2) is 43.1. The van der Waals surface area contributed by atoms with E-state index in [2.05, 4.69) is 78.8 Å². The fourth-order valence-corrected chi connectivity index (χ4v) is 8.05. The van der Waals surface area contributed by atoms with Gasteiger partial charge in [0.15, 0.2) is 6.29 Å². The highest BCUT2D eigenvalue weighted by Crippen LogP contribution is 2.26. The van der Waals surface area contributed by atoms with Crippen molar-refractivity contribution in [3.8, 4) is 0 Å². The third-order valence-electron chi connectivity index (χ3n) is 11.4. The molecule has 1 saturated heterocycles. The minimum Gasteiger partial charge on any atom is -0.457 e. The molecule has 0 radical (unpaired) electrons. The molecule has 13 heteroatoms. The number of unbranched alkanes of at least 4 members (excludes halogenated alkanes) is 21. The van der Waals surface area contributed by atoms with Gasteiger partial charge in [0.05, 0.1) is 19.8 Å². The molecule has 0 aromatic carbocycles. The van der Waals surface area contributed by atoms with Crippen molar-refractivity contribution in [2.45, 2.75) is 237 Å². The molecule has 65 heavy (non-hydrogen) atoms. The van der Waals surface area contributed by atoms with Crippen molar-refractivity contribution in [2.75, 3.05) is 26.4 Å². The molecule has 4 N–H and O–H groups in total. The van der Waals surface area contributed by atoms with Crippen molar-refractivity contribution < 1.29 is 56.2 Å². The van der Waals surface area contributed by atoms with E-state index >= 15 is 0 Å². The van der Waals surface area contributed by atoms with Gasteiger partial charge in [-0.3, -0.25) is 9.35 Å². The van der Waals surface area contributed by atoms with Crippen molar-refractivity contribution in [1.82, 2.24) is 0 Å². The van der Waals surface area contributed by atoms with Crippen molar-refractivity contribution >= 4 is 16.4 Å². The molecule has 378 valence electrons. The van der Waals surface area contributed by atoms with Crippen LogP contribution in [0.1, 0.15) is 200 Å². The SMILES string of the molecule is CC/C=C\C/C=C\C/C=C\C/C=C\CCCCCCCCCCC(=O)OC(COCCCCCCCC/C=C\CCCCCCCCC)COC1OC(CO)C(O)C(OS(=O)(=O)O)C1O. The highest BCUT2D eigenvalue weighted by molar-refractivity contribution is 7.80. The number of esters is 1. The fraction of sp³-hybridized carbons (Fsp3) is 0.788. The average Bonchev–Trinajstić information content (AvgIpc) is 3.28. The van der Waals surface area contributed by atoms with Gasteiger partial charge in [-0.25, -0.2) is 4.18 Å². The molecule has 1 rings (SSSR count). The summed E-state index contributed by atoms with van der Waals surface area (Å²) in [7, 11) is -5.07. The van der Waals surface area contributed by atoms with Gasteiger partial charge in [0, 0.05) is 13.0 Å². The summed E-state index contributed by atoms with van der Waals surface area (Å²) in [5.41, 5.74) is 0. The Labute approximate surface area is 395 Å². The monoisotopic (exact) mass is 941 g/mol. The van der Waals surface area contributed by atoms with Gasteiger partial charge in [-0.1, -0.05) is 177 Å². The van der Waals surface area contributed by atoms with Crippen molar-refractivity contribution in [1.29, 1.82) is 0 Å². The molecular formula is C52H92O12S. The summed E-state index contributed by atoms with van der Waals surface area (Å²) in [5.74, 6) is -0.410. The van der Waals surface area contributed by atoms with Crippen LogP contribution in [0.4, 0.5) is 0 Å². The summed E-state index contributed by atoms with van der Waals surface area (Å²) in [5, 5.41) is 30.8.